The second-order valence-electron chi connectivity index (χ2n) is 7.76. The maximum absolute atomic E-state index is 12.1. The van der Waals surface area contributed by atoms with E-state index in [1.165, 1.54) is 25.7 Å². The third-order valence-corrected chi connectivity index (χ3v) is 5.34. The van der Waals surface area contributed by atoms with Crippen LogP contribution in [-0.2, 0) is 4.79 Å². The molecule has 0 aromatic heterocycles. The summed E-state index contributed by atoms with van der Waals surface area (Å²) in [6, 6.07) is 1.54. The van der Waals surface area contributed by atoms with Gasteiger partial charge in [-0.2, -0.15) is 0 Å². The van der Waals surface area contributed by atoms with E-state index in [0.717, 1.165) is 19.3 Å². The monoisotopic (exact) mass is 295 g/mol. The van der Waals surface area contributed by atoms with Crippen molar-refractivity contribution in [3.63, 3.8) is 0 Å². The Morgan fingerprint density at radius 1 is 1.33 bits per heavy atom. The van der Waals surface area contributed by atoms with E-state index in [2.05, 4.69) is 38.0 Å². The van der Waals surface area contributed by atoms with Gasteiger partial charge in [0.15, 0.2) is 0 Å². The lowest BCUT2D eigenvalue weighted by atomic mass is 9.77. The molecule has 0 aromatic carbocycles. The number of nitrogens with two attached hydrogens (primary N) is 1. The average Bonchev–Trinajstić information content (AvgIpc) is 3.21. The highest BCUT2D eigenvalue weighted by Crippen LogP contribution is 2.35. The molecule has 2 fully saturated rings. The van der Waals surface area contributed by atoms with Gasteiger partial charge in [0.25, 0.3) is 0 Å². The molecule has 1 amide bonds. The van der Waals surface area contributed by atoms with Crippen molar-refractivity contribution in [2.45, 2.75) is 89.4 Å². The van der Waals surface area contributed by atoms with Crippen LogP contribution in [0, 0.1) is 5.92 Å². The summed E-state index contributed by atoms with van der Waals surface area (Å²) < 4.78 is 0. The number of nitrogens with zero attached hydrogens (tertiary/aromatic N) is 1. The summed E-state index contributed by atoms with van der Waals surface area (Å²) in [5.41, 5.74) is 5.32. The van der Waals surface area contributed by atoms with Crippen LogP contribution >= 0.6 is 0 Å². The van der Waals surface area contributed by atoms with Crippen LogP contribution < -0.4 is 11.1 Å². The fourth-order valence-corrected chi connectivity index (χ4v) is 3.85. The molecule has 0 saturated heterocycles. The maximum Gasteiger partial charge on any atom is 0.237 e. The molecular weight excluding hydrogens is 262 g/mol. The van der Waals surface area contributed by atoms with Crippen LogP contribution in [0.15, 0.2) is 0 Å². The standard InChI is InChI=1S/C17H33N3O/c1-12(2)10-13(3)20(4)15-6-5-9-17(11-15,16(18)21)19-14-7-8-14/h12-15,19H,5-11H2,1-4H3,(H2,18,21). The van der Waals surface area contributed by atoms with Crippen molar-refractivity contribution in [3.05, 3.63) is 0 Å². The smallest absolute Gasteiger partial charge is 0.237 e. The summed E-state index contributed by atoms with van der Waals surface area (Å²) in [6.07, 6.45) is 7.64. The molecule has 122 valence electrons. The fourth-order valence-electron chi connectivity index (χ4n) is 3.85. The number of hydrogen-bond donors (Lipinski definition) is 2. The van der Waals surface area contributed by atoms with Crippen LogP contribution in [0.5, 0.6) is 0 Å². The first kappa shape index (κ1) is 16.8. The molecule has 2 saturated carbocycles. The summed E-state index contributed by atoms with van der Waals surface area (Å²) >= 11 is 0. The Kier molecular flexibility index (Phi) is 5.31. The molecule has 0 bridgehead atoms. The molecule has 2 rings (SSSR count). The summed E-state index contributed by atoms with van der Waals surface area (Å²) in [5, 5.41) is 3.57. The van der Waals surface area contributed by atoms with Gasteiger partial charge in [-0.1, -0.05) is 13.8 Å². The number of carbonyl (C=O) groups is 1. The highest BCUT2D eigenvalue weighted by molar-refractivity contribution is 5.85. The zero-order valence-electron chi connectivity index (χ0n) is 14.2. The van der Waals surface area contributed by atoms with E-state index in [1.807, 2.05) is 0 Å². The zero-order valence-corrected chi connectivity index (χ0v) is 14.2. The first-order valence-corrected chi connectivity index (χ1v) is 8.63. The highest BCUT2D eigenvalue weighted by atomic mass is 16.1. The van der Waals surface area contributed by atoms with Gasteiger partial charge in [0.2, 0.25) is 5.91 Å². The van der Waals surface area contributed by atoms with Crippen LogP contribution in [0.2, 0.25) is 0 Å². The molecule has 0 aliphatic heterocycles. The van der Waals surface area contributed by atoms with Crippen molar-refractivity contribution < 1.29 is 4.79 Å². The summed E-state index contributed by atoms with van der Waals surface area (Å²) in [6.45, 7) is 6.84. The number of carbonyl (C=O) groups excluding carboxylic acids is 1. The first-order chi connectivity index (χ1) is 9.84. The van der Waals surface area contributed by atoms with E-state index in [-0.39, 0.29) is 5.91 Å². The Morgan fingerprint density at radius 2 is 2.00 bits per heavy atom. The Hall–Kier alpha value is -0.610. The number of hydrogen-bond acceptors (Lipinski definition) is 3. The molecule has 3 atom stereocenters. The van der Waals surface area contributed by atoms with Gasteiger partial charge in [-0.3, -0.25) is 4.79 Å². The molecule has 21 heavy (non-hydrogen) atoms. The second-order valence-corrected chi connectivity index (χ2v) is 7.76. The predicted molar refractivity (Wildman–Crippen MR) is 87.0 cm³/mol. The predicted octanol–water partition coefficient (Wildman–Crippen LogP) is 2.27. The molecule has 4 nitrogen and oxygen atoms in total. The first-order valence-electron chi connectivity index (χ1n) is 8.63. The lowest BCUT2D eigenvalue weighted by Crippen LogP contribution is -2.61. The second kappa shape index (κ2) is 6.66. The van der Waals surface area contributed by atoms with Gasteiger partial charge >= 0.3 is 0 Å². The minimum Gasteiger partial charge on any atom is -0.368 e. The van der Waals surface area contributed by atoms with Gasteiger partial charge in [0.1, 0.15) is 0 Å². The van der Waals surface area contributed by atoms with Crippen LogP contribution in [0.25, 0.3) is 0 Å². The van der Waals surface area contributed by atoms with E-state index < -0.39 is 5.54 Å². The molecular formula is C17H33N3O. The Labute approximate surface area is 129 Å². The van der Waals surface area contributed by atoms with Crippen molar-refractivity contribution in [2.75, 3.05) is 7.05 Å². The third-order valence-electron chi connectivity index (χ3n) is 5.34. The average molecular weight is 295 g/mol. The van der Waals surface area contributed by atoms with Gasteiger partial charge in [-0.05, 0) is 64.8 Å². The summed E-state index contributed by atoms with van der Waals surface area (Å²) in [4.78, 5) is 14.6. The zero-order chi connectivity index (χ0) is 15.6. The molecule has 0 aromatic rings. The fraction of sp³-hybridized carbons (Fsp3) is 0.941. The summed E-state index contributed by atoms with van der Waals surface area (Å²) in [5.74, 6) is 0.556. The Morgan fingerprint density at radius 3 is 2.52 bits per heavy atom. The van der Waals surface area contributed by atoms with Crippen LogP contribution in [0.1, 0.15) is 65.7 Å². The van der Waals surface area contributed by atoms with Gasteiger partial charge in [-0.15, -0.1) is 0 Å². The molecule has 3 N–H and O–H groups in total. The SMILES string of the molecule is CC(C)CC(C)N(C)C1CCCC(NC2CC2)(C(N)=O)C1. The molecule has 2 aliphatic carbocycles. The minimum absolute atomic E-state index is 0.149. The van der Waals surface area contributed by atoms with Crippen molar-refractivity contribution >= 4 is 5.91 Å². The lowest BCUT2D eigenvalue weighted by molar-refractivity contribution is -0.127. The topological polar surface area (TPSA) is 58.4 Å². The minimum atomic E-state index is -0.462. The number of primary amides is 1. The van der Waals surface area contributed by atoms with Crippen molar-refractivity contribution in [1.29, 1.82) is 0 Å². The van der Waals surface area contributed by atoms with Crippen molar-refractivity contribution in [2.24, 2.45) is 11.7 Å². The lowest BCUT2D eigenvalue weighted by Gasteiger charge is -2.44. The number of rotatable bonds is 7. The molecule has 0 heterocycles. The molecule has 0 spiro atoms. The largest absolute Gasteiger partial charge is 0.368 e. The van der Waals surface area contributed by atoms with Crippen LogP contribution in [0.3, 0.4) is 0 Å². The molecule has 2 aliphatic rings. The quantitative estimate of drug-likeness (QED) is 0.757. The molecule has 0 radical (unpaired) electrons. The summed E-state index contributed by atoms with van der Waals surface area (Å²) in [7, 11) is 2.21. The maximum atomic E-state index is 12.1. The van der Waals surface area contributed by atoms with Gasteiger partial charge < -0.3 is 16.0 Å². The van der Waals surface area contributed by atoms with Crippen LogP contribution in [-0.4, -0.2) is 41.5 Å². The number of nitrogens with one attached hydrogen (secondary N) is 1. The molecule has 3 unspecified atom stereocenters. The van der Waals surface area contributed by atoms with Gasteiger partial charge in [0, 0.05) is 18.1 Å². The number of amides is 1. The Bertz CT molecular complexity index is 367. The van der Waals surface area contributed by atoms with Crippen LogP contribution in [0.4, 0.5) is 0 Å². The highest BCUT2D eigenvalue weighted by Gasteiger charge is 2.45. The molecule has 4 heteroatoms. The van der Waals surface area contributed by atoms with Gasteiger partial charge in [-0.25, -0.2) is 0 Å². The van der Waals surface area contributed by atoms with Crippen molar-refractivity contribution in [3.8, 4) is 0 Å². The normalized spacial score (nSPS) is 31.6. The third kappa shape index (κ3) is 4.19. The van der Waals surface area contributed by atoms with E-state index >= 15 is 0 Å². The van der Waals surface area contributed by atoms with E-state index in [1.54, 1.807) is 0 Å². The van der Waals surface area contributed by atoms with Gasteiger partial charge in [0.05, 0.1) is 5.54 Å². The van der Waals surface area contributed by atoms with Crippen molar-refractivity contribution in [1.82, 2.24) is 10.2 Å². The van der Waals surface area contributed by atoms with E-state index in [9.17, 15) is 4.79 Å². The van der Waals surface area contributed by atoms with E-state index in [4.69, 9.17) is 5.73 Å². The Balaban J connectivity index is 2.02. The van der Waals surface area contributed by atoms with E-state index in [0.29, 0.717) is 24.0 Å².